The maximum absolute atomic E-state index is 5.43. The van der Waals surface area contributed by atoms with Crippen LogP contribution in [0.25, 0.3) is 0 Å². The SMILES string of the molecule is Cn1c(CN2CCOCC2)nnc1C1CCN(Cc2cccnc2)CC1. The molecular formula is C19H28N6O. The molecule has 4 heterocycles. The van der Waals surface area contributed by atoms with Crippen LogP contribution >= 0.6 is 0 Å². The second-order valence-electron chi connectivity index (χ2n) is 7.33. The van der Waals surface area contributed by atoms with E-state index in [1.165, 1.54) is 5.56 Å². The quantitative estimate of drug-likeness (QED) is 0.808. The predicted octanol–water partition coefficient (Wildman–Crippen LogP) is 1.42. The molecule has 0 saturated carbocycles. The maximum Gasteiger partial charge on any atom is 0.146 e. The van der Waals surface area contributed by atoms with Crippen molar-refractivity contribution in [1.29, 1.82) is 0 Å². The molecule has 0 aromatic carbocycles. The molecule has 7 nitrogen and oxygen atoms in total. The first kappa shape index (κ1) is 17.6. The van der Waals surface area contributed by atoms with Crippen molar-refractivity contribution in [3.63, 3.8) is 0 Å². The van der Waals surface area contributed by atoms with E-state index in [1.807, 2.05) is 18.5 Å². The normalized spacial score (nSPS) is 20.5. The van der Waals surface area contributed by atoms with Crippen molar-refractivity contribution in [2.75, 3.05) is 39.4 Å². The van der Waals surface area contributed by atoms with Crippen LogP contribution in [0.1, 0.15) is 36.0 Å². The first-order chi connectivity index (χ1) is 12.8. The molecule has 4 rings (SSSR count). The van der Waals surface area contributed by atoms with Gasteiger partial charge in [-0.05, 0) is 37.6 Å². The van der Waals surface area contributed by atoms with Gasteiger partial charge in [0.2, 0.25) is 0 Å². The summed E-state index contributed by atoms with van der Waals surface area (Å²) in [5.74, 6) is 2.73. The van der Waals surface area contributed by atoms with Crippen LogP contribution in [0.4, 0.5) is 0 Å². The van der Waals surface area contributed by atoms with E-state index in [0.717, 1.165) is 77.0 Å². The fraction of sp³-hybridized carbons (Fsp3) is 0.632. The summed E-state index contributed by atoms with van der Waals surface area (Å²) in [5.41, 5.74) is 1.29. The van der Waals surface area contributed by atoms with Crippen molar-refractivity contribution >= 4 is 0 Å². The molecule has 0 aliphatic carbocycles. The Balaban J connectivity index is 1.33. The molecular weight excluding hydrogens is 328 g/mol. The third-order valence-corrected chi connectivity index (χ3v) is 5.55. The van der Waals surface area contributed by atoms with Crippen LogP contribution < -0.4 is 0 Å². The van der Waals surface area contributed by atoms with Crippen molar-refractivity contribution in [1.82, 2.24) is 29.5 Å². The Hall–Kier alpha value is -1.83. The highest BCUT2D eigenvalue weighted by Gasteiger charge is 2.25. The Bertz CT molecular complexity index is 689. The van der Waals surface area contributed by atoms with Gasteiger partial charge >= 0.3 is 0 Å². The third-order valence-electron chi connectivity index (χ3n) is 5.55. The van der Waals surface area contributed by atoms with Crippen molar-refractivity contribution in [2.45, 2.75) is 31.8 Å². The van der Waals surface area contributed by atoms with E-state index in [2.05, 4.69) is 42.7 Å². The number of morpholine rings is 1. The van der Waals surface area contributed by atoms with Gasteiger partial charge in [-0.25, -0.2) is 0 Å². The smallest absolute Gasteiger partial charge is 0.146 e. The first-order valence-corrected chi connectivity index (χ1v) is 9.59. The molecule has 2 aliphatic rings. The lowest BCUT2D eigenvalue weighted by Crippen LogP contribution is -2.36. The molecule has 2 aliphatic heterocycles. The zero-order valence-electron chi connectivity index (χ0n) is 15.5. The Kier molecular flexibility index (Phi) is 5.57. The van der Waals surface area contributed by atoms with Gasteiger partial charge in [0, 0.05) is 45.0 Å². The van der Waals surface area contributed by atoms with Crippen LogP contribution in [0.3, 0.4) is 0 Å². The number of hydrogen-bond donors (Lipinski definition) is 0. The van der Waals surface area contributed by atoms with Gasteiger partial charge in [0.05, 0.1) is 19.8 Å². The minimum Gasteiger partial charge on any atom is -0.379 e. The van der Waals surface area contributed by atoms with E-state index >= 15 is 0 Å². The van der Waals surface area contributed by atoms with Gasteiger partial charge in [-0.3, -0.25) is 14.8 Å². The maximum atomic E-state index is 5.43. The van der Waals surface area contributed by atoms with Gasteiger partial charge in [0.25, 0.3) is 0 Å². The van der Waals surface area contributed by atoms with Crippen LogP contribution in [0.5, 0.6) is 0 Å². The molecule has 0 radical (unpaired) electrons. The number of aromatic nitrogens is 4. The van der Waals surface area contributed by atoms with E-state index < -0.39 is 0 Å². The molecule has 0 N–H and O–H groups in total. The van der Waals surface area contributed by atoms with Crippen molar-refractivity contribution in [3.8, 4) is 0 Å². The van der Waals surface area contributed by atoms with Crippen molar-refractivity contribution in [3.05, 3.63) is 41.7 Å². The lowest BCUT2D eigenvalue weighted by molar-refractivity contribution is 0.0326. The summed E-state index contributed by atoms with van der Waals surface area (Å²) in [6, 6.07) is 4.16. The highest BCUT2D eigenvalue weighted by atomic mass is 16.5. The van der Waals surface area contributed by atoms with E-state index in [0.29, 0.717) is 5.92 Å². The number of ether oxygens (including phenoxy) is 1. The molecule has 0 unspecified atom stereocenters. The first-order valence-electron chi connectivity index (χ1n) is 9.59. The monoisotopic (exact) mass is 356 g/mol. The molecule has 0 spiro atoms. The lowest BCUT2D eigenvalue weighted by Gasteiger charge is -2.31. The molecule has 2 fully saturated rings. The number of piperidine rings is 1. The van der Waals surface area contributed by atoms with Gasteiger partial charge in [-0.2, -0.15) is 0 Å². The summed E-state index contributed by atoms with van der Waals surface area (Å²) in [7, 11) is 2.12. The summed E-state index contributed by atoms with van der Waals surface area (Å²) in [5, 5.41) is 9.02. The van der Waals surface area contributed by atoms with Gasteiger partial charge in [-0.1, -0.05) is 6.07 Å². The second kappa shape index (κ2) is 8.24. The van der Waals surface area contributed by atoms with Gasteiger partial charge in [-0.15, -0.1) is 10.2 Å². The molecule has 0 bridgehead atoms. The fourth-order valence-corrected chi connectivity index (χ4v) is 3.93. The highest BCUT2D eigenvalue weighted by Crippen LogP contribution is 2.27. The van der Waals surface area contributed by atoms with Crippen LogP contribution in [0.2, 0.25) is 0 Å². The summed E-state index contributed by atoms with van der Waals surface area (Å²) in [4.78, 5) is 9.12. The van der Waals surface area contributed by atoms with E-state index in [1.54, 1.807) is 0 Å². The Morgan fingerprint density at radius 3 is 2.54 bits per heavy atom. The molecule has 2 saturated heterocycles. The molecule has 140 valence electrons. The fourth-order valence-electron chi connectivity index (χ4n) is 3.93. The Labute approximate surface area is 155 Å². The van der Waals surface area contributed by atoms with Crippen LogP contribution in [0.15, 0.2) is 24.5 Å². The summed E-state index contributed by atoms with van der Waals surface area (Å²) in [6.45, 7) is 7.66. The molecule has 26 heavy (non-hydrogen) atoms. The minimum atomic E-state index is 0.510. The number of pyridine rings is 1. The molecule has 0 atom stereocenters. The largest absolute Gasteiger partial charge is 0.379 e. The lowest BCUT2D eigenvalue weighted by atomic mass is 9.95. The standard InChI is InChI=1S/C19H28N6O/c1-23-18(15-25-9-11-26-12-10-25)21-22-19(23)17-4-7-24(8-5-17)14-16-3-2-6-20-13-16/h2-3,6,13,17H,4-5,7-12,14-15H2,1H3. The van der Waals surface area contributed by atoms with Crippen LogP contribution in [-0.2, 0) is 24.9 Å². The van der Waals surface area contributed by atoms with Gasteiger partial charge in [0.1, 0.15) is 11.6 Å². The Morgan fingerprint density at radius 1 is 1.04 bits per heavy atom. The second-order valence-corrected chi connectivity index (χ2v) is 7.33. The number of hydrogen-bond acceptors (Lipinski definition) is 6. The zero-order chi connectivity index (χ0) is 17.8. The average molecular weight is 356 g/mol. The third kappa shape index (κ3) is 4.11. The van der Waals surface area contributed by atoms with Crippen LogP contribution in [-0.4, -0.2) is 68.9 Å². The van der Waals surface area contributed by atoms with Gasteiger partial charge < -0.3 is 9.30 Å². The van der Waals surface area contributed by atoms with Crippen molar-refractivity contribution in [2.24, 2.45) is 7.05 Å². The van der Waals surface area contributed by atoms with E-state index in [4.69, 9.17) is 4.74 Å². The molecule has 2 aromatic heterocycles. The van der Waals surface area contributed by atoms with E-state index in [-0.39, 0.29) is 0 Å². The Morgan fingerprint density at radius 2 is 1.81 bits per heavy atom. The predicted molar refractivity (Wildman–Crippen MR) is 98.6 cm³/mol. The summed E-state index contributed by atoms with van der Waals surface area (Å²) >= 11 is 0. The number of nitrogens with zero attached hydrogens (tertiary/aromatic N) is 6. The minimum absolute atomic E-state index is 0.510. The number of rotatable bonds is 5. The molecule has 0 amide bonds. The number of likely N-dealkylation sites (tertiary alicyclic amines) is 1. The van der Waals surface area contributed by atoms with E-state index in [9.17, 15) is 0 Å². The molecule has 7 heteroatoms. The zero-order valence-corrected chi connectivity index (χ0v) is 15.5. The summed E-state index contributed by atoms with van der Waals surface area (Å²) < 4.78 is 7.65. The topological polar surface area (TPSA) is 59.3 Å². The highest BCUT2D eigenvalue weighted by molar-refractivity contribution is 5.09. The average Bonchev–Trinajstić information content (AvgIpc) is 3.05. The van der Waals surface area contributed by atoms with Crippen LogP contribution in [0, 0.1) is 0 Å². The van der Waals surface area contributed by atoms with Gasteiger partial charge in [0.15, 0.2) is 0 Å². The van der Waals surface area contributed by atoms with Crippen molar-refractivity contribution < 1.29 is 4.74 Å². The molecule has 2 aromatic rings. The summed E-state index contributed by atoms with van der Waals surface area (Å²) in [6.07, 6.45) is 6.08.